The van der Waals surface area contributed by atoms with Crippen molar-refractivity contribution in [2.45, 2.75) is 26.8 Å². The maximum Gasteiger partial charge on any atom is 0.236 e. The second kappa shape index (κ2) is 7.64. The van der Waals surface area contributed by atoms with E-state index in [1.807, 2.05) is 11.8 Å². The van der Waals surface area contributed by atoms with E-state index in [1.165, 1.54) is 11.1 Å². The number of benzene rings is 1. The molecule has 2 aliphatic rings. The molecule has 0 N–H and O–H groups in total. The van der Waals surface area contributed by atoms with Gasteiger partial charge in [0.1, 0.15) is 12.1 Å². The first-order valence-corrected chi connectivity index (χ1v) is 9.72. The minimum Gasteiger partial charge on any atom is -0.353 e. The first-order chi connectivity index (χ1) is 13.1. The van der Waals surface area contributed by atoms with E-state index in [1.54, 1.807) is 6.33 Å². The Morgan fingerprint density at radius 1 is 1.00 bits per heavy atom. The summed E-state index contributed by atoms with van der Waals surface area (Å²) in [5.41, 5.74) is 4.93. The predicted octanol–water partition coefficient (Wildman–Crippen LogP) is 1.80. The highest BCUT2D eigenvalue weighted by molar-refractivity contribution is 5.78. The van der Waals surface area contributed by atoms with E-state index in [4.69, 9.17) is 0 Å². The number of nitrogens with zero attached hydrogens (tertiary/aromatic N) is 5. The topological polar surface area (TPSA) is 52.6 Å². The lowest BCUT2D eigenvalue weighted by Crippen LogP contribution is -2.52. The number of aromatic nitrogens is 2. The zero-order valence-corrected chi connectivity index (χ0v) is 16.2. The fraction of sp³-hybridized carbons (Fsp3) is 0.476. The summed E-state index contributed by atoms with van der Waals surface area (Å²) in [6.07, 6.45) is 2.66. The normalized spacial score (nSPS) is 17.7. The molecule has 1 saturated heterocycles. The van der Waals surface area contributed by atoms with Gasteiger partial charge in [0.25, 0.3) is 0 Å². The molecule has 6 nitrogen and oxygen atoms in total. The number of rotatable bonds is 3. The van der Waals surface area contributed by atoms with Crippen molar-refractivity contribution < 1.29 is 4.79 Å². The molecule has 0 bridgehead atoms. The van der Waals surface area contributed by atoms with E-state index in [0.717, 1.165) is 62.8 Å². The van der Waals surface area contributed by atoms with Crippen LogP contribution >= 0.6 is 0 Å². The van der Waals surface area contributed by atoms with Crippen LogP contribution in [0.15, 0.2) is 30.6 Å². The molecule has 4 rings (SSSR count). The zero-order valence-electron chi connectivity index (χ0n) is 16.2. The van der Waals surface area contributed by atoms with Gasteiger partial charge >= 0.3 is 0 Å². The van der Waals surface area contributed by atoms with E-state index in [9.17, 15) is 4.79 Å². The van der Waals surface area contributed by atoms with Crippen LogP contribution in [-0.2, 0) is 17.8 Å². The molecular formula is C21H27N5O. The first-order valence-electron chi connectivity index (χ1n) is 9.72. The molecule has 0 spiro atoms. The summed E-state index contributed by atoms with van der Waals surface area (Å²) in [6, 6.07) is 8.56. The molecule has 1 aromatic heterocycles. The Bertz CT molecular complexity index is 829. The summed E-state index contributed by atoms with van der Waals surface area (Å²) >= 11 is 0. The molecule has 2 aromatic rings. The van der Waals surface area contributed by atoms with E-state index in [2.05, 4.69) is 51.0 Å². The summed E-state index contributed by atoms with van der Waals surface area (Å²) in [6.45, 7) is 9.59. The van der Waals surface area contributed by atoms with Gasteiger partial charge < -0.3 is 9.80 Å². The van der Waals surface area contributed by atoms with Crippen molar-refractivity contribution in [1.29, 1.82) is 0 Å². The molecule has 0 aliphatic carbocycles. The van der Waals surface area contributed by atoms with Crippen LogP contribution in [0.25, 0.3) is 0 Å². The van der Waals surface area contributed by atoms with Crippen molar-refractivity contribution in [2.24, 2.45) is 0 Å². The van der Waals surface area contributed by atoms with Gasteiger partial charge in [-0.3, -0.25) is 9.69 Å². The number of amides is 1. The van der Waals surface area contributed by atoms with Gasteiger partial charge in [-0.25, -0.2) is 9.97 Å². The Morgan fingerprint density at radius 2 is 1.74 bits per heavy atom. The quantitative estimate of drug-likeness (QED) is 0.830. The van der Waals surface area contributed by atoms with Crippen molar-refractivity contribution in [1.82, 2.24) is 19.8 Å². The largest absolute Gasteiger partial charge is 0.353 e. The molecular weight excluding hydrogens is 338 g/mol. The number of hydrogen-bond donors (Lipinski definition) is 0. The second-order valence-electron chi connectivity index (χ2n) is 7.50. The standard InChI is InChI=1S/C21H27N5O/c1-16-17(2)22-15-23-21(16)26-11-9-25(10-12-26)20(27)14-24-8-7-18-5-3-4-6-19(18)13-24/h3-6,15H,7-14H2,1-2H3. The molecule has 1 aromatic carbocycles. The van der Waals surface area contributed by atoms with Crippen molar-refractivity contribution in [3.8, 4) is 0 Å². The lowest BCUT2D eigenvalue weighted by molar-refractivity contribution is -0.132. The SMILES string of the molecule is Cc1ncnc(N2CCN(C(=O)CN3CCc4ccccc4C3)CC2)c1C. The van der Waals surface area contributed by atoms with E-state index >= 15 is 0 Å². The van der Waals surface area contributed by atoms with Gasteiger partial charge in [-0.2, -0.15) is 0 Å². The van der Waals surface area contributed by atoms with Crippen LogP contribution in [0.4, 0.5) is 5.82 Å². The average Bonchev–Trinajstić information content (AvgIpc) is 2.70. The van der Waals surface area contributed by atoms with Crippen LogP contribution < -0.4 is 4.90 Å². The fourth-order valence-corrected chi connectivity index (χ4v) is 3.99. The molecule has 0 radical (unpaired) electrons. The summed E-state index contributed by atoms with van der Waals surface area (Å²) in [7, 11) is 0. The maximum absolute atomic E-state index is 12.8. The highest BCUT2D eigenvalue weighted by atomic mass is 16.2. The van der Waals surface area contributed by atoms with Crippen LogP contribution in [-0.4, -0.2) is 64.9 Å². The molecule has 0 saturated carbocycles. The molecule has 142 valence electrons. The number of carbonyl (C=O) groups is 1. The summed E-state index contributed by atoms with van der Waals surface area (Å²) in [4.78, 5) is 28.0. The van der Waals surface area contributed by atoms with Crippen LogP contribution in [0.5, 0.6) is 0 Å². The Kier molecular flexibility index (Phi) is 5.07. The average molecular weight is 365 g/mol. The Hall–Kier alpha value is -2.47. The molecule has 0 atom stereocenters. The highest BCUT2D eigenvalue weighted by Gasteiger charge is 2.25. The van der Waals surface area contributed by atoms with Gasteiger partial charge in [0.05, 0.1) is 6.54 Å². The molecule has 3 heterocycles. The number of hydrogen-bond acceptors (Lipinski definition) is 5. The van der Waals surface area contributed by atoms with Crippen LogP contribution in [0.1, 0.15) is 22.4 Å². The van der Waals surface area contributed by atoms with Crippen LogP contribution in [0, 0.1) is 13.8 Å². The predicted molar refractivity (Wildman–Crippen MR) is 106 cm³/mol. The Morgan fingerprint density at radius 3 is 2.52 bits per heavy atom. The smallest absolute Gasteiger partial charge is 0.236 e. The van der Waals surface area contributed by atoms with Gasteiger partial charge in [-0.05, 0) is 31.4 Å². The van der Waals surface area contributed by atoms with Crippen molar-refractivity contribution in [3.63, 3.8) is 0 Å². The second-order valence-corrected chi connectivity index (χ2v) is 7.50. The zero-order chi connectivity index (χ0) is 18.8. The number of aryl methyl sites for hydroxylation is 1. The van der Waals surface area contributed by atoms with Crippen LogP contribution in [0.2, 0.25) is 0 Å². The van der Waals surface area contributed by atoms with Gasteiger partial charge in [-0.1, -0.05) is 24.3 Å². The number of anilines is 1. The maximum atomic E-state index is 12.8. The summed E-state index contributed by atoms with van der Waals surface area (Å²) in [5.74, 6) is 1.24. The van der Waals surface area contributed by atoms with Gasteiger partial charge in [0.2, 0.25) is 5.91 Å². The molecule has 1 fully saturated rings. The molecule has 1 amide bonds. The third kappa shape index (κ3) is 3.81. The summed E-state index contributed by atoms with van der Waals surface area (Å²) < 4.78 is 0. The Labute approximate surface area is 160 Å². The minimum atomic E-state index is 0.240. The monoisotopic (exact) mass is 365 g/mol. The molecule has 0 unspecified atom stereocenters. The number of piperazine rings is 1. The van der Waals surface area contributed by atoms with Crippen molar-refractivity contribution in [2.75, 3.05) is 44.2 Å². The van der Waals surface area contributed by atoms with Crippen LogP contribution in [0.3, 0.4) is 0 Å². The Balaban J connectivity index is 1.32. The lowest BCUT2D eigenvalue weighted by Gasteiger charge is -2.37. The third-order valence-corrected chi connectivity index (χ3v) is 5.81. The van der Waals surface area contributed by atoms with E-state index in [0.29, 0.717) is 6.54 Å². The van der Waals surface area contributed by atoms with Crippen molar-refractivity contribution >= 4 is 11.7 Å². The summed E-state index contributed by atoms with van der Waals surface area (Å²) in [5, 5.41) is 0. The number of fused-ring (bicyclic) bond motifs is 1. The number of carbonyl (C=O) groups excluding carboxylic acids is 1. The van der Waals surface area contributed by atoms with Gasteiger partial charge in [0, 0.05) is 50.5 Å². The van der Waals surface area contributed by atoms with Gasteiger partial charge in [-0.15, -0.1) is 0 Å². The lowest BCUT2D eigenvalue weighted by atomic mass is 10.00. The van der Waals surface area contributed by atoms with E-state index in [-0.39, 0.29) is 5.91 Å². The molecule has 2 aliphatic heterocycles. The minimum absolute atomic E-state index is 0.240. The van der Waals surface area contributed by atoms with Crippen molar-refractivity contribution in [3.05, 3.63) is 53.0 Å². The highest BCUT2D eigenvalue weighted by Crippen LogP contribution is 2.21. The first kappa shape index (κ1) is 17.9. The van der Waals surface area contributed by atoms with E-state index < -0.39 is 0 Å². The molecule has 6 heteroatoms. The molecule has 27 heavy (non-hydrogen) atoms. The van der Waals surface area contributed by atoms with Gasteiger partial charge in [0.15, 0.2) is 0 Å². The fourth-order valence-electron chi connectivity index (χ4n) is 3.99. The third-order valence-electron chi connectivity index (χ3n) is 5.81.